The van der Waals surface area contributed by atoms with Gasteiger partial charge in [0.1, 0.15) is 0 Å². The Morgan fingerprint density at radius 2 is 1.44 bits per heavy atom. The van der Waals surface area contributed by atoms with E-state index in [-0.39, 0.29) is 0 Å². The van der Waals surface area contributed by atoms with E-state index in [1.807, 2.05) is 21.6 Å². The van der Waals surface area contributed by atoms with Crippen molar-refractivity contribution in [1.82, 2.24) is 0 Å². The van der Waals surface area contributed by atoms with E-state index in [1.165, 1.54) is 17.9 Å². The Kier molecular flexibility index (Phi) is 3.27. The Morgan fingerprint density at radius 3 is 1.89 bits per heavy atom. The Hall–Kier alpha value is 0.700. The van der Waals surface area contributed by atoms with E-state index >= 15 is 0 Å². The van der Waals surface area contributed by atoms with Crippen LogP contribution in [-0.2, 0) is 0 Å². The molecule has 54 valence electrons. The summed E-state index contributed by atoms with van der Waals surface area (Å²) in [4.78, 5) is 0. The van der Waals surface area contributed by atoms with Gasteiger partial charge in [0.15, 0.2) is 0 Å². The molecule has 0 bridgehead atoms. The lowest BCUT2D eigenvalue weighted by Crippen LogP contribution is -2.03. The van der Waals surface area contributed by atoms with Crippen molar-refractivity contribution in [3.05, 3.63) is 0 Å². The van der Waals surface area contributed by atoms with Crippen LogP contribution in [0.4, 0.5) is 0 Å². The lowest BCUT2D eigenvalue weighted by Gasteiger charge is -2.08. The van der Waals surface area contributed by atoms with Gasteiger partial charge in [-0.15, -0.1) is 0 Å². The van der Waals surface area contributed by atoms with Crippen molar-refractivity contribution in [2.24, 2.45) is 11.8 Å². The summed E-state index contributed by atoms with van der Waals surface area (Å²) < 4.78 is 0. The number of rotatable bonds is 0. The predicted molar refractivity (Wildman–Crippen MR) is 47.9 cm³/mol. The van der Waals surface area contributed by atoms with E-state index in [2.05, 4.69) is 13.8 Å². The van der Waals surface area contributed by atoms with Crippen LogP contribution in [0, 0.1) is 11.8 Å². The molecule has 1 aliphatic heterocycles. The Labute approximate surface area is 65.6 Å². The fourth-order valence-electron chi connectivity index (χ4n) is 1.15. The van der Waals surface area contributed by atoms with Gasteiger partial charge in [-0.2, -0.15) is 0 Å². The highest BCUT2D eigenvalue weighted by atomic mass is 33.1. The Balaban J connectivity index is 2.29. The zero-order valence-electron chi connectivity index (χ0n) is 6.09. The molecule has 1 saturated heterocycles. The molecule has 0 nitrogen and oxygen atoms in total. The Bertz CT molecular complexity index is 73.0. The molecule has 0 aromatic heterocycles. The maximum atomic E-state index is 2.36. The van der Waals surface area contributed by atoms with Crippen molar-refractivity contribution in [2.75, 3.05) is 11.5 Å². The standard InChI is InChI=1S/C7H14S2/c1-6-3-7(2)5-9-8-4-6/h6-7H,3-5H2,1-2H3. The minimum atomic E-state index is 0.944. The van der Waals surface area contributed by atoms with Gasteiger partial charge in [0.05, 0.1) is 0 Å². The van der Waals surface area contributed by atoms with Crippen molar-refractivity contribution >= 4 is 21.6 Å². The number of hydrogen-bond donors (Lipinski definition) is 0. The summed E-state index contributed by atoms with van der Waals surface area (Å²) in [6.45, 7) is 4.71. The molecule has 2 unspecified atom stereocenters. The normalized spacial score (nSPS) is 38.0. The second-order valence-electron chi connectivity index (χ2n) is 3.02. The van der Waals surface area contributed by atoms with Gasteiger partial charge in [-0.25, -0.2) is 0 Å². The second-order valence-corrected chi connectivity index (χ2v) is 5.57. The quantitative estimate of drug-likeness (QED) is 0.502. The fraction of sp³-hybridized carbons (Fsp3) is 1.00. The molecule has 1 heterocycles. The zero-order valence-corrected chi connectivity index (χ0v) is 7.73. The monoisotopic (exact) mass is 162 g/mol. The summed E-state index contributed by atoms with van der Waals surface area (Å²) in [5.74, 6) is 4.60. The molecule has 2 heteroatoms. The lowest BCUT2D eigenvalue weighted by atomic mass is 10.0. The summed E-state index contributed by atoms with van der Waals surface area (Å²) >= 11 is 0. The van der Waals surface area contributed by atoms with Crippen molar-refractivity contribution in [3.63, 3.8) is 0 Å². The molecule has 9 heavy (non-hydrogen) atoms. The third-order valence-electron chi connectivity index (χ3n) is 1.59. The maximum absolute atomic E-state index is 2.36. The van der Waals surface area contributed by atoms with Crippen LogP contribution in [0.25, 0.3) is 0 Å². The second kappa shape index (κ2) is 3.77. The molecule has 0 N–H and O–H groups in total. The average Bonchev–Trinajstić information content (AvgIpc) is 1.93. The zero-order chi connectivity index (χ0) is 6.69. The van der Waals surface area contributed by atoms with Crippen LogP contribution in [-0.4, -0.2) is 11.5 Å². The minimum absolute atomic E-state index is 0.944. The van der Waals surface area contributed by atoms with E-state index in [0.29, 0.717) is 0 Å². The molecule has 0 amide bonds. The van der Waals surface area contributed by atoms with E-state index < -0.39 is 0 Å². The molecule has 0 saturated carbocycles. The van der Waals surface area contributed by atoms with Gasteiger partial charge in [-0.05, 0) is 18.3 Å². The largest absolute Gasteiger partial charge is 0.0939 e. The van der Waals surface area contributed by atoms with E-state index in [0.717, 1.165) is 11.8 Å². The first-order valence-electron chi connectivity index (χ1n) is 3.53. The van der Waals surface area contributed by atoms with Gasteiger partial charge in [0.25, 0.3) is 0 Å². The maximum Gasteiger partial charge on any atom is 0.00627 e. The predicted octanol–water partition coefficient (Wildman–Crippen LogP) is 3.04. The molecule has 0 aliphatic carbocycles. The van der Waals surface area contributed by atoms with E-state index in [4.69, 9.17) is 0 Å². The highest BCUT2D eigenvalue weighted by Gasteiger charge is 2.13. The van der Waals surface area contributed by atoms with Gasteiger partial charge >= 0.3 is 0 Å². The molecular formula is C7H14S2. The number of hydrogen-bond acceptors (Lipinski definition) is 2. The van der Waals surface area contributed by atoms with Gasteiger partial charge in [0.2, 0.25) is 0 Å². The Morgan fingerprint density at radius 1 is 1.00 bits per heavy atom. The van der Waals surface area contributed by atoms with Crippen LogP contribution in [0.1, 0.15) is 20.3 Å². The first-order valence-corrected chi connectivity index (χ1v) is 6.02. The van der Waals surface area contributed by atoms with E-state index in [9.17, 15) is 0 Å². The third-order valence-corrected chi connectivity index (χ3v) is 4.49. The highest BCUT2D eigenvalue weighted by molar-refractivity contribution is 8.76. The molecule has 1 aliphatic rings. The molecule has 0 aromatic carbocycles. The third kappa shape index (κ3) is 2.85. The molecule has 1 fully saturated rings. The minimum Gasteiger partial charge on any atom is -0.0939 e. The van der Waals surface area contributed by atoms with Crippen LogP contribution >= 0.6 is 21.6 Å². The summed E-state index contributed by atoms with van der Waals surface area (Å²) in [6, 6.07) is 0. The molecule has 0 radical (unpaired) electrons. The lowest BCUT2D eigenvalue weighted by molar-refractivity contribution is 0.484. The van der Waals surface area contributed by atoms with E-state index in [1.54, 1.807) is 0 Å². The van der Waals surface area contributed by atoms with Crippen molar-refractivity contribution in [3.8, 4) is 0 Å². The summed E-state index contributed by atoms with van der Waals surface area (Å²) in [5.41, 5.74) is 0. The molecule has 1 rings (SSSR count). The van der Waals surface area contributed by atoms with Crippen molar-refractivity contribution < 1.29 is 0 Å². The van der Waals surface area contributed by atoms with Gasteiger partial charge < -0.3 is 0 Å². The molecule has 0 aromatic rings. The van der Waals surface area contributed by atoms with Crippen LogP contribution in [0.3, 0.4) is 0 Å². The summed E-state index contributed by atoms with van der Waals surface area (Å²) in [7, 11) is 4.09. The first kappa shape index (κ1) is 7.80. The van der Waals surface area contributed by atoms with Gasteiger partial charge in [-0.3, -0.25) is 0 Å². The van der Waals surface area contributed by atoms with Crippen LogP contribution in [0.15, 0.2) is 0 Å². The summed E-state index contributed by atoms with van der Waals surface area (Å²) in [6.07, 6.45) is 1.43. The van der Waals surface area contributed by atoms with Crippen molar-refractivity contribution in [1.29, 1.82) is 0 Å². The van der Waals surface area contributed by atoms with Crippen LogP contribution < -0.4 is 0 Å². The molecule has 0 spiro atoms. The van der Waals surface area contributed by atoms with Gasteiger partial charge in [0, 0.05) is 11.5 Å². The topological polar surface area (TPSA) is 0 Å². The smallest absolute Gasteiger partial charge is 0.00627 e. The van der Waals surface area contributed by atoms with Crippen LogP contribution in [0.5, 0.6) is 0 Å². The highest BCUT2D eigenvalue weighted by Crippen LogP contribution is 2.33. The molecule has 2 atom stereocenters. The van der Waals surface area contributed by atoms with Gasteiger partial charge in [-0.1, -0.05) is 35.4 Å². The fourth-order valence-corrected chi connectivity index (χ4v) is 4.05. The average molecular weight is 162 g/mol. The van der Waals surface area contributed by atoms with Crippen molar-refractivity contribution in [2.45, 2.75) is 20.3 Å². The summed E-state index contributed by atoms with van der Waals surface area (Å²) in [5, 5.41) is 0. The first-order chi connectivity index (χ1) is 4.29. The SMILES string of the molecule is CC1CSSCC(C)C1. The molecular weight excluding hydrogens is 148 g/mol. The van der Waals surface area contributed by atoms with Crippen LogP contribution in [0.2, 0.25) is 0 Å².